The minimum atomic E-state index is 1.08. The van der Waals surface area contributed by atoms with E-state index in [1.54, 1.807) is 0 Å². The van der Waals surface area contributed by atoms with Crippen molar-refractivity contribution in [1.29, 1.82) is 0 Å². The lowest BCUT2D eigenvalue weighted by Gasteiger charge is -1.94. The Morgan fingerprint density at radius 1 is 0.900 bits per heavy atom. The molecule has 4 atom stereocenters. The first-order valence-corrected chi connectivity index (χ1v) is 4.77. The van der Waals surface area contributed by atoms with Crippen LogP contribution >= 0.6 is 0 Å². The zero-order chi connectivity index (χ0) is 7.14. The highest BCUT2D eigenvalue weighted by Gasteiger charge is 2.37. The molecule has 2 rings (SSSR count). The summed E-state index contributed by atoms with van der Waals surface area (Å²) in [5, 5.41) is 0. The Labute approximate surface area is 64.0 Å². The van der Waals surface area contributed by atoms with Crippen molar-refractivity contribution in [3.8, 4) is 0 Å². The second-order valence-corrected chi connectivity index (χ2v) is 4.52. The van der Waals surface area contributed by atoms with Crippen LogP contribution in [0.1, 0.15) is 39.5 Å². The Bertz CT molecular complexity index is 112. The van der Waals surface area contributed by atoms with Gasteiger partial charge in [-0.3, -0.25) is 0 Å². The predicted molar refractivity (Wildman–Crippen MR) is 43.8 cm³/mol. The zero-order valence-electron chi connectivity index (χ0n) is 7.14. The van der Waals surface area contributed by atoms with Gasteiger partial charge in [-0.15, -0.1) is 0 Å². The fourth-order valence-corrected chi connectivity index (χ4v) is 2.03. The van der Waals surface area contributed by atoms with E-state index in [-0.39, 0.29) is 0 Å². The first kappa shape index (κ1) is 6.69. The van der Waals surface area contributed by atoms with Gasteiger partial charge in [0.1, 0.15) is 0 Å². The molecular formula is C10H18. The molecule has 0 heterocycles. The Balaban J connectivity index is 1.57. The SMILES string of the molecule is C[C@@H]1C[C@H]1CC[C@@H]1C[C@@H]1C. The summed E-state index contributed by atoms with van der Waals surface area (Å²) in [5.74, 6) is 4.42. The Kier molecular flexibility index (Phi) is 1.51. The van der Waals surface area contributed by atoms with E-state index >= 15 is 0 Å². The van der Waals surface area contributed by atoms with Gasteiger partial charge in [0, 0.05) is 0 Å². The average Bonchev–Trinajstić information content (AvgIpc) is 2.71. The molecule has 2 aliphatic rings. The first-order valence-electron chi connectivity index (χ1n) is 4.77. The summed E-state index contributed by atoms with van der Waals surface area (Å²) >= 11 is 0. The van der Waals surface area contributed by atoms with Gasteiger partial charge in [0.25, 0.3) is 0 Å². The smallest absolute Gasteiger partial charge is 0.0386 e. The van der Waals surface area contributed by atoms with Gasteiger partial charge >= 0.3 is 0 Å². The maximum Gasteiger partial charge on any atom is -0.0386 e. The Morgan fingerprint density at radius 3 is 1.40 bits per heavy atom. The molecule has 0 radical (unpaired) electrons. The predicted octanol–water partition coefficient (Wildman–Crippen LogP) is 3.08. The summed E-state index contributed by atoms with van der Waals surface area (Å²) in [7, 11) is 0. The lowest BCUT2D eigenvalue weighted by atomic mass is 10.1. The monoisotopic (exact) mass is 138 g/mol. The number of rotatable bonds is 3. The molecule has 2 fully saturated rings. The van der Waals surface area contributed by atoms with Crippen molar-refractivity contribution in [3.05, 3.63) is 0 Å². The highest BCUT2D eigenvalue weighted by atomic mass is 14.4. The van der Waals surface area contributed by atoms with E-state index in [2.05, 4.69) is 13.8 Å². The van der Waals surface area contributed by atoms with Crippen molar-refractivity contribution in [3.63, 3.8) is 0 Å². The largest absolute Gasteiger partial charge is 0.0622 e. The summed E-state index contributed by atoms with van der Waals surface area (Å²) in [6, 6.07) is 0. The molecule has 0 bridgehead atoms. The fourth-order valence-electron chi connectivity index (χ4n) is 2.03. The molecule has 0 aromatic carbocycles. The van der Waals surface area contributed by atoms with Crippen molar-refractivity contribution >= 4 is 0 Å². The minimum absolute atomic E-state index is 1.08. The molecule has 2 saturated carbocycles. The molecule has 0 aromatic heterocycles. The summed E-state index contributed by atoms with van der Waals surface area (Å²) < 4.78 is 0. The lowest BCUT2D eigenvalue weighted by Crippen LogP contribution is -1.83. The van der Waals surface area contributed by atoms with Crippen LogP contribution in [0.5, 0.6) is 0 Å². The molecule has 0 nitrogen and oxygen atoms in total. The van der Waals surface area contributed by atoms with Gasteiger partial charge in [-0.25, -0.2) is 0 Å². The van der Waals surface area contributed by atoms with Crippen LogP contribution in [0.4, 0.5) is 0 Å². The maximum atomic E-state index is 2.39. The van der Waals surface area contributed by atoms with Crippen LogP contribution in [0, 0.1) is 23.7 Å². The summed E-state index contributed by atoms with van der Waals surface area (Å²) in [4.78, 5) is 0. The second-order valence-electron chi connectivity index (χ2n) is 4.52. The molecule has 0 spiro atoms. The quantitative estimate of drug-likeness (QED) is 0.562. The fraction of sp³-hybridized carbons (Fsp3) is 1.00. The lowest BCUT2D eigenvalue weighted by molar-refractivity contribution is 0.568. The molecule has 0 aliphatic heterocycles. The highest BCUT2D eigenvalue weighted by Crippen LogP contribution is 2.47. The van der Waals surface area contributed by atoms with E-state index in [0.717, 1.165) is 23.7 Å². The molecule has 0 amide bonds. The summed E-state index contributed by atoms with van der Waals surface area (Å²) in [6.07, 6.45) is 6.13. The molecule has 0 aromatic rings. The van der Waals surface area contributed by atoms with Crippen molar-refractivity contribution in [2.24, 2.45) is 23.7 Å². The van der Waals surface area contributed by atoms with E-state index in [1.807, 2.05) is 0 Å². The van der Waals surface area contributed by atoms with Gasteiger partial charge in [-0.1, -0.05) is 13.8 Å². The van der Waals surface area contributed by atoms with E-state index in [4.69, 9.17) is 0 Å². The molecular weight excluding hydrogens is 120 g/mol. The van der Waals surface area contributed by atoms with Crippen molar-refractivity contribution in [2.75, 3.05) is 0 Å². The van der Waals surface area contributed by atoms with Gasteiger partial charge in [0.05, 0.1) is 0 Å². The normalized spacial score (nSPS) is 51.0. The Morgan fingerprint density at radius 2 is 1.20 bits per heavy atom. The topological polar surface area (TPSA) is 0 Å². The molecule has 0 heteroatoms. The molecule has 0 N–H and O–H groups in total. The third-order valence-corrected chi connectivity index (χ3v) is 3.46. The van der Waals surface area contributed by atoms with Crippen LogP contribution in [0.25, 0.3) is 0 Å². The van der Waals surface area contributed by atoms with Gasteiger partial charge in [-0.05, 0) is 49.4 Å². The Hall–Kier alpha value is 0. The van der Waals surface area contributed by atoms with Crippen LogP contribution < -0.4 is 0 Å². The van der Waals surface area contributed by atoms with Gasteiger partial charge in [0.15, 0.2) is 0 Å². The first-order chi connectivity index (χ1) is 4.77. The van der Waals surface area contributed by atoms with E-state index in [9.17, 15) is 0 Å². The molecule has 10 heavy (non-hydrogen) atoms. The average molecular weight is 138 g/mol. The van der Waals surface area contributed by atoms with Crippen LogP contribution in [0.15, 0.2) is 0 Å². The zero-order valence-corrected chi connectivity index (χ0v) is 7.14. The van der Waals surface area contributed by atoms with Gasteiger partial charge in [-0.2, -0.15) is 0 Å². The van der Waals surface area contributed by atoms with E-state index in [1.165, 1.54) is 25.7 Å². The number of hydrogen-bond donors (Lipinski definition) is 0. The third-order valence-electron chi connectivity index (χ3n) is 3.46. The molecule has 0 saturated heterocycles. The van der Waals surface area contributed by atoms with Crippen molar-refractivity contribution in [2.45, 2.75) is 39.5 Å². The number of hydrogen-bond acceptors (Lipinski definition) is 0. The van der Waals surface area contributed by atoms with Crippen LogP contribution in [-0.4, -0.2) is 0 Å². The molecule has 58 valence electrons. The van der Waals surface area contributed by atoms with Crippen LogP contribution in [0.3, 0.4) is 0 Å². The summed E-state index contributed by atoms with van der Waals surface area (Å²) in [5.41, 5.74) is 0. The third kappa shape index (κ3) is 1.36. The standard InChI is InChI=1S/C10H18/c1-7-5-9(7)3-4-10-6-8(10)2/h7-10H,3-6H2,1-2H3/t7-,8+,9-,10-/m1/s1. The minimum Gasteiger partial charge on any atom is -0.0622 e. The van der Waals surface area contributed by atoms with Gasteiger partial charge < -0.3 is 0 Å². The second kappa shape index (κ2) is 2.25. The van der Waals surface area contributed by atoms with Gasteiger partial charge in [0.2, 0.25) is 0 Å². The van der Waals surface area contributed by atoms with E-state index in [0.29, 0.717) is 0 Å². The molecule has 0 unspecified atom stereocenters. The van der Waals surface area contributed by atoms with Crippen molar-refractivity contribution < 1.29 is 0 Å². The summed E-state index contributed by atoms with van der Waals surface area (Å²) in [6.45, 7) is 4.78. The van der Waals surface area contributed by atoms with Crippen molar-refractivity contribution in [1.82, 2.24) is 0 Å². The van der Waals surface area contributed by atoms with Crippen LogP contribution in [-0.2, 0) is 0 Å². The highest BCUT2D eigenvalue weighted by molar-refractivity contribution is 4.87. The van der Waals surface area contributed by atoms with Crippen LogP contribution in [0.2, 0.25) is 0 Å². The van der Waals surface area contributed by atoms with E-state index < -0.39 is 0 Å². The maximum absolute atomic E-state index is 2.39. The molecule has 2 aliphatic carbocycles.